The van der Waals surface area contributed by atoms with Crippen molar-refractivity contribution in [1.82, 2.24) is 0 Å². The van der Waals surface area contributed by atoms with E-state index in [2.05, 4.69) is 0 Å². The number of carbonyl (C=O) groups excluding carboxylic acids is 1. The molecule has 5 atom stereocenters. The maximum absolute atomic E-state index is 12.1. The van der Waals surface area contributed by atoms with Crippen LogP contribution in [0.1, 0.15) is 30.5 Å². The second kappa shape index (κ2) is 12.8. The number of benzene rings is 3. The van der Waals surface area contributed by atoms with Gasteiger partial charge < -0.3 is 18.9 Å². The molecule has 0 saturated carbocycles. The first kappa shape index (κ1) is 26.1. The second-order valence-electron chi connectivity index (χ2n) is 8.81. The molecule has 5 nitrogen and oxygen atoms in total. The van der Waals surface area contributed by atoms with Gasteiger partial charge >= 0.3 is 5.97 Å². The molecule has 6 heteroatoms. The minimum atomic E-state index is -0.688. The van der Waals surface area contributed by atoms with Crippen molar-refractivity contribution in [2.24, 2.45) is 0 Å². The van der Waals surface area contributed by atoms with E-state index in [4.69, 9.17) is 30.5 Å². The Morgan fingerprint density at radius 1 is 0.833 bits per heavy atom. The third kappa shape index (κ3) is 7.28. The van der Waals surface area contributed by atoms with Gasteiger partial charge in [0, 0.05) is 11.9 Å². The van der Waals surface area contributed by atoms with Gasteiger partial charge in [0.05, 0.1) is 19.3 Å². The van der Waals surface area contributed by atoms with Crippen molar-refractivity contribution in [3.63, 3.8) is 0 Å². The summed E-state index contributed by atoms with van der Waals surface area (Å²) >= 11 is 6.02. The van der Waals surface area contributed by atoms with Crippen molar-refractivity contribution >= 4 is 23.6 Å². The van der Waals surface area contributed by atoms with Crippen molar-refractivity contribution < 1.29 is 23.7 Å². The van der Waals surface area contributed by atoms with Crippen LogP contribution >= 0.6 is 11.6 Å². The standard InChI is InChI=1S/C30H31ClO5/c1-21-28(33-19-24-9-5-3-6-10-24)30(34-20-25-11-7-4-8-12-25)29(36-22(2)32)27(35-21)18-15-23-13-16-26(31)17-14-23/h3-18,21,27-30H,19-20H2,1-2H3/b18-15+/t21-,27-,28-,29-,30+/m0/s1. The number of ether oxygens (including phenoxy) is 4. The van der Waals surface area contributed by atoms with Crippen molar-refractivity contribution in [2.75, 3.05) is 0 Å². The van der Waals surface area contributed by atoms with E-state index in [1.165, 1.54) is 6.92 Å². The summed E-state index contributed by atoms with van der Waals surface area (Å²) in [6.45, 7) is 4.10. The van der Waals surface area contributed by atoms with E-state index in [0.29, 0.717) is 18.2 Å². The molecule has 0 unspecified atom stereocenters. The molecule has 0 aliphatic carbocycles. The monoisotopic (exact) mass is 506 g/mol. The molecule has 1 aliphatic rings. The fraction of sp³-hybridized carbons (Fsp3) is 0.300. The summed E-state index contributed by atoms with van der Waals surface area (Å²) in [5.74, 6) is -0.404. The maximum Gasteiger partial charge on any atom is 0.303 e. The Kier molecular flexibility index (Phi) is 9.31. The van der Waals surface area contributed by atoms with Crippen LogP contribution in [0.2, 0.25) is 5.02 Å². The zero-order valence-electron chi connectivity index (χ0n) is 20.5. The fourth-order valence-corrected chi connectivity index (χ4v) is 4.38. The first-order chi connectivity index (χ1) is 17.5. The van der Waals surface area contributed by atoms with Gasteiger partial charge in [-0.25, -0.2) is 0 Å². The first-order valence-electron chi connectivity index (χ1n) is 12.1. The maximum atomic E-state index is 12.1. The number of rotatable bonds is 9. The lowest BCUT2D eigenvalue weighted by molar-refractivity contribution is -0.245. The molecule has 0 spiro atoms. The largest absolute Gasteiger partial charge is 0.457 e. The van der Waals surface area contributed by atoms with Crippen molar-refractivity contribution in [3.8, 4) is 0 Å². The van der Waals surface area contributed by atoms with E-state index in [1.807, 2.05) is 104 Å². The zero-order valence-corrected chi connectivity index (χ0v) is 21.2. The van der Waals surface area contributed by atoms with Crippen LogP contribution in [-0.2, 0) is 37.0 Å². The third-order valence-electron chi connectivity index (χ3n) is 6.03. The van der Waals surface area contributed by atoms with Gasteiger partial charge in [0.1, 0.15) is 18.3 Å². The first-order valence-corrected chi connectivity index (χ1v) is 12.4. The molecular formula is C30H31ClO5. The Morgan fingerprint density at radius 2 is 1.39 bits per heavy atom. The van der Waals surface area contributed by atoms with Gasteiger partial charge in [0.15, 0.2) is 6.10 Å². The van der Waals surface area contributed by atoms with Crippen LogP contribution in [0.25, 0.3) is 6.08 Å². The van der Waals surface area contributed by atoms with Gasteiger partial charge in [-0.3, -0.25) is 4.79 Å². The van der Waals surface area contributed by atoms with Crippen molar-refractivity contribution in [1.29, 1.82) is 0 Å². The average molecular weight is 507 g/mol. The Labute approximate surface area is 217 Å². The highest BCUT2D eigenvalue weighted by atomic mass is 35.5. The van der Waals surface area contributed by atoms with Crippen LogP contribution in [0.3, 0.4) is 0 Å². The number of halogens is 1. The summed E-state index contributed by atoms with van der Waals surface area (Å²) in [4.78, 5) is 12.1. The van der Waals surface area contributed by atoms with Crippen LogP contribution in [0, 0.1) is 0 Å². The van der Waals surface area contributed by atoms with Crippen LogP contribution in [0.15, 0.2) is 91.0 Å². The minimum Gasteiger partial charge on any atom is -0.457 e. The molecule has 4 rings (SSSR count). The van der Waals surface area contributed by atoms with E-state index >= 15 is 0 Å². The predicted octanol–water partition coefficient (Wildman–Crippen LogP) is 6.24. The number of carbonyl (C=O) groups is 1. The van der Waals surface area contributed by atoms with Gasteiger partial charge in [0.25, 0.3) is 0 Å². The lowest BCUT2D eigenvalue weighted by Crippen LogP contribution is -2.59. The Bertz CT molecular complexity index is 1120. The number of esters is 1. The zero-order chi connectivity index (χ0) is 25.3. The Balaban J connectivity index is 1.59. The molecule has 1 aliphatic heterocycles. The molecule has 36 heavy (non-hydrogen) atoms. The molecular weight excluding hydrogens is 476 g/mol. The van der Waals surface area contributed by atoms with Gasteiger partial charge in [-0.05, 0) is 35.7 Å². The summed E-state index contributed by atoms with van der Waals surface area (Å²) in [6.07, 6.45) is 1.34. The van der Waals surface area contributed by atoms with Gasteiger partial charge in [-0.2, -0.15) is 0 Å². The highest BCUT2D eigenvalue weighted by molar-refractivity contribution is 6.30. The summed E-state index contributed by atoms with van der Waals surface area (Å²) in [7, 11) is 0. The molecule has 0 bridgehead atoms. The average Bonchev–Trinajstić information content (AvgIpc) is 2.89. The molecule has 188 valence electrons. The second-order valence-corrected chi connectivity index (χ2v) is 9.25. The fourth-order valence-electron chi connectivity index (χ4n) is 4.26. The molecule has 0 amide bonds. The van der Waals surface area contributed by atoms with E-state index < -0.39 is 30.4 Å². The predicted molar refractivity (Wildman–Crippen MR) is 140 cm³/mol. The molecule has 0 radical (unpaired) electrons. The van der Waals surface area contributed by atoms with E-state index in [1.54, 1.807) is 0 Å². The lowest BCUT2D eigenvalue weighted by Gasteiger charge is -2.44. The lowest BCUT2D eigenvalue weighted by atomic mass is 9.94. The van der Waals surface area contributed by atoms with E-state index in [0.717, 1.165) is 16.7 Å². The van der Waals surface area contributed by atoms with Crippen molar-refractivity contribution in [2.45, 2.75) is 57.6 Å². The smallest absolute Gasteiger partial charge is 0.303 e. The highest BCUT2D eigenvalue weighted by Crippen LogP contribution is 2.31. The van der Waals surface area contributed by atoms with Crippen LogP contribution in [0.4, 0.5) is 0 Å². The topological polar surface area (TPSA) is 54.0 Å². The van der Waals surface area contributed by atoms with Crippen LogP contribution in [-0.4, -0.2) is 36.5 Å². The SMILES string of the molecule is CC(=O)O[C@@H]1[C@H](OCc2ccccc2)[C@@H](OCc2ccccc2)[C@H](C)O[C@H]1/C=C/c1ccc(Cl)cc1. The van der Waals surface area contributed by atoms with Gasteiger partial charge in [-0.1, -0.05) is 96.5 Å². The molecule has 1 heterocycles. The molecule has 3 aromatic rings. The summed E-state index contributed by atoms with van der Waals surface area (Å²) in [5, 5.41) is 0.667. The quantitative estimate of drug-likeness (QED) is 0.321. The Hall–Kier alpha value is -2.96. The Morgan fingerprint density at radius 3 is 1.94 bits per heavy atom. The number of hydrogen-bond donors (Lipinski definition) is 0. The summed E-state index contributed by atoms with van der Waals surface area (Å²) in [5.41, 5.74) is 3.02. The molecule has 0 N–H and O–H groups in total. The van der Waals surface area contributed by atoms with Crippen LogP contribution < -0.4 is 0 Å². The molecule has 1 saturated heterocycles. The highest BCUT2D eigenvalue weighted by Gasteiger charge is 2.47. The van der Waals surface area contributed by atoms with Gasteiger partial charge in [-0.15, -0.1) is 0 Å². The third-order valence-corrected chi connectivity index (χ3v) is 6.28. The molecule has 3 aromatic carbocycles. The molecule has 1 fully saturated rings. The minimum absolute atomic E-state index is 0.304. The van der Waals surface area contributed by atoms with E-state index in [-0.39, 0.29) is 6.10 Å². The number of hydrogen-bond acceptors (Lipinski definition) is 5. The summed E-state index contributed by atoms with van der Waals surface area (Å²) < 4.78 is 24.9. The van der Waals surface area contributed by atoms with Crippen molar-refractivity contribution in [3.05, 3.63) is 113 Å². The van der Waals surface area contributed by atoms with E-state index in [9.17, 15) is 4.79 Å². The van der Waals surface area contributed by atoms with Gasteiger partial charge in [0.2, 0.25) is 0 Å². The summed E-state index contributed by atoms with van der Waals surface area (Å²) in [6, 6.07) is 27.3. The van der Waals surface area contributed by atoms with Crippen LogP contribution in [0.5, 0.6) is 0 Å². The normalized spacial score (nSPS) is 24.0. The molecule has 0 aromatic heterocycles.